The number of ether oxygens (including phenoxy) is 3. The van der Waals surface area contributed by atoms with E-state index < -0.39 is 11.8 Å². The van der Waals surface area contributed by atoms with Crippen molar-refractivity contribution in [2.75, 3.05) is 20.5 Å². The SMILES string of the molecule is CCOC(=O)CCC(=O)N1Cc2cc(Br)c(OCOC)c(F)c2C1. The first-order chi connectivity index (χ1) is 11.5. The Bertz CT molecular complexity index is 637. The average molecular weight is 404 g/mol. The highest BCUT2D eigenvalue weighted by molar-refractivity contribution is 9.10. The first kappa shape index (κ1) is 18.7. The van der Waals surface area contributed by atoms with Crippen LogP contribution >= 0.6 is 15.9 Å². The molecule has 0 aliphatic carbocycles. The first-order valence-corrected chi connectivity index (χ1v) is 8.32. The van der Waals surface area contributed by atoms with Crippen molar-refractivity contribution >= 4 is 27.8 Å². The largest absolute Gasteiger partial charge is 0.466 e. The van der Waals surface area contributed by atoms with Crippen LogP contribution in [0.25, 0.3) is 0 Å². The molecule has 1 aromatic rings. The maximum absolute atomic E-state index is 14.6. The quantitative estimate of drug-likeness (QED) is 0.517. The summed E-state index contributed by atoms with van der Waals surface area (Å²) in [6.07, 6.45) is 0.0660. The molecule has 0 saturated carbocycles. The summed E-state index contributed by atoms with van der Waals surface area (Å²) in [5.74, 6) is -1.06. The predicted molar refractivity (Wildman–Crippen MR) is 86.7 cm³/mol. The van der Waals surface area contributed by atoms with Crippen molar-refractivity contribution in [1.29, 1.82) is 0 Å². The number of esters is 1. The predicted octanol–water partition coefficient (Wildman–Crippen LogP) is 2.76. The summed E-state index contributed by atoms with van der Waals surface area (Å²) in [6, 6.07) is 1.74. The van der Waals surface area contributed by atoms with Crippen LogP contribution in [0.3, 0.4) is 0 Å². The number of hydrogen-bond acceptors (Lipinski definition) is 5. The highest BCUT2D eigenvalue weighted by Crippen LogP contribution is 2.37. The van der Waals surface area contributed by atoms with Crippen LogP contribution in [0.2, 0.25) is 0 Å². The smallest absolute Gasteiger partial charge is 0.306 e. The van der Waals surface area contributed by atoms with Crippen LogP contribution in [0.4, 0.5) is 4.39 Å². The second-order valence-electron chi connectivity index (χ2n) is 5.24. The van der Waals surface area contributed by atoms with E-state index in [9.17, 15) is 14.0 Å². The molecule has 0 saturated heterocycles. The summed E-state index contributed by atoms with van der Waals surface area (Å²) in [4.78, 5) is 25.1. The number of rotatable bonds is 7. The third-order valence-electron chi connectivity index (χ3n) is 3.60. The van der Waals surface area contributed by atoms with Gasteiger partial charge in [0.1, 0.15) is 0 Å². The molecule has 0 bridgehead atoms. The Morgan fingerprint density at radius 1 is 1.33 bits per heavy atom. The molecule has 132 valence electrons. The van der Waals surface area contributed by atoms with Crippen molar-refractivity contribution < 1.29 is 28.2 Å². The maximum Gasteiger partial charge on any atom is 0.306 e. The number of benzene rings is 1. The zero-order valence-corrected chi connectivity index (χ0v) is 15.2. The standard InChI is InChI=1S/C16H19BrFNO5/c1-3-23-14(21)5-4-13(20)19-7-10-6-12(17)16(24-9-22-2)15(18)11(10)8-19/h6H,3-5,7-9H2,1-2H3. The van der Waals surface area contributed by atoms with Gasteiger partial charge in [0.2, 0.25) is 5.91 Å². The van der Waals surface area contributed by atoms with Gasteiger partial charge in [-0.05, 0) is 34.5 Å². The van der Waals surface area contributed by atoms with Crippen LogP contribution < -0.4 is 4.74 Å². The molecule has 8 heteroatoms. The van der Waals surface area contributed by atoms with Crippen molar-refractivity contribution in [3.05, 3.63) is 27.5 Å². The van der Waals surface area contributed by atoms with E-state index >= 15 is 0 Å². The van der Waals surface area contributed by atoms with Crippen LogP contribution in [0.1, 0.15) is 30.9 Å². The number of carbonyl (C=O) groups excluding carboxylic acids is 2. The van der Waals surface area contributed by atoms with Gasteiger partial charge in [0.25, 0.3) is 0 Å². The average Bonchev–Trinajstić information content (AvgIpc) is 2.97. The summed E-state index contributed by atoms with van der Waals surface area (Å²) in [7, 11) is 1.45. The molecule has 2 rings (SSSR count). The molecule has 0 unspecified atom stereocenters. The highest BCUT2D eigenvalue weighted by Gasteiger charge is 2.29. The van der Waals surface area contributed by atoms with Gasteiger partial charge in [0.15, 0.2) is 18.4 Å². The van der Waals surface area contributed by atoms with Gasteiger partial charge in [-0.2, -0.15) is 0 Å². The lowest BCUT2D eigenvalue weighted by molar-refractivity contribution is -0.145. The lowest BCUT2D eigenvalue weighted by Crippen LogP contribution is -2.26. The molecular weight excluding hydrogens is 385 g/mol. The Morgan fingerprint density at radius 2 is 2.08 bits per heavy atom. The molecule has 0 N–H and O–H groups in total. The van der Waals surface area contributed by atoms with Gasteiger partial charge in [-0.3, -0.25) is 9.59 Å². The van der Waals surface area contributed by atoms with Crippen LogP contribution in [0.5, 0.6) is 5.75 Å². The lowest BCUT2D eigenvalue weighted by Gasteiger charge is -2.15. The monoisotopic (exact) mass is 403 g/mol. The fourth-order valence-electron chi connectivity index (χ4n) is 2.48. The minimum Gasteiger partial charge on any atom is -0.466 e. The van der Waals surface area contributed by atoms with Gasteiger partial charge >= 0.3 is 5.97 Å². The minimum atomic E-state index is -0.503. The summed E-state index contributed by atoms with van der Waals surface area (Å²) in [6.45, 7) is 2.37. The van der Waals surface area contributed by atoms with Gasteiger partial charge < -0.3 is 19.1 Å². The molecule has 1 amide bonds. The molecule has 0 aromatic heterocycles. The number of halogens is 2. The van der Waals surface area contributed by atoms with Crippen molar-refractivity contribution in [2.45, 2.75) is 32.9 Å². The molecule has 1 heterocycles. The van der Waals surface area contributed by atoms with Crippen molar-refractivity contribution in [1.82, 2.24) is 4.90 Å². The van der Waals surface area contributed by atoms with Crippen LogP contribution in [0.15, 0.2) is 10.5 Å². The van der Waals surface area contributed by atoms with E-state index in [0.29, 0.717) is 22.1 Å². The fraction of sp³-hybridized carbons (Fsp3) is 0.500. The van der Waals surface area contributed by atoms with E-state index in [1.807, 2.05) is 0 Å². The summed E-state index contributed by atoms with van der Waals surface area (Å²) >= 11 is 3.27. The Hall–Kier alpha value is -1.67. The second-order valence-corrected chi connectivity index (χ2v) is 6.10. The van der Waals surface area contributed by atoms with Crippen molar-refractivity contribution in [2.24, 2.45) is 0 Å². The Kier molecular flexibility index (Phi) is 6.56. The summed E-state index contributed by atoms with van der Waals surface area (Å²) in [5, 5.41) is 0. The molecule has 0 spiro atoms. The Morgan fingerprint density at radius 3 is 2.75 bits per heavy atom. The van der Waals surface area contributed by atoms with Gasteiger partial charge in [0, 0.05) is 32.2 Å². The molecular formula is C16H19BrFNO5. The second kappa shape index (κ2) is 8.43. The molecule has 1 aliphatic rings. The number of carbonyl (C=O) groups is 2. The number of hydrogen-bond donors (Lipinski definition) is 0. The molecule has 6 nitrogen and oxygen atoms in total. The Balaban J connectivity index is 2.05. The van der Waals surface area contributed by atoms with Crippen LogP contribution in [0, 0.1) is 5.82 Å². The zero-order chi connectivity index (χ0) is 17.7. The van der Waals surface area contributed by atoms with Gasteiger partial charge in [-0.15, -0.1) is 0 Å². The molecule has 0 atom stereocenters. The van der Waals surface area contributed by atoms with Crippen LogP contribution in [-0.2, 0) is 32.2 Å². The maximum atomic E-state index is 14.6. The number of nitrogens with zero attached hydrogens (tertiary/aromatic N) is 1. The van der Waals surface area contributed by atoms with E-state index in [2.05, 4.69) is 15.9 Å². The molecule has 1 aliphatic heterocycles. The fourth-order valence-corrected chi connectivity index (χ4v) is 3.04. The number of fused-ring (bicyclic) bond motifs is 1. The van der Waals surface area contributed by atoms with E-state index in [1.165, 1.54) is 12.0 Å². The molecule has 24 heavy (non-hydrogen) atoms. The Labute approximate surface area is 148 Å². The van der Waals surface area contributed by atoms with Crippen LogP contribution in [-0.4, -0.2) is 37.3 Å². The lowest BCUT2D eigenvalue weighted by atomic mass is 10.1. The third-order valence-corrected chi connectivity index (χ3v) is 4.19. The highest BCUT2D eigenvalue weighted by atomic mass is 79.9. The molecule has 0 radical (unpaired) electrons. The van der Waals surface area contributed by atoms with E-state index in [-0.39, 0.29) is 44.4 Å². The summed E-state index contributed by atoms with van der Waals surface area (Å²) < 4.78 is 29.9. The minimum absolute atomic E-state index is 0.0217. The van der Waals surface area contributed by atoms with Gasteiger partial charge in [-0.25, -0.2) is 4.39 Å². The van der Waals surface area contributed by atoms with E-state index in [4.69, 9.17) is 14.2 Å². The normalized spacial score (nSPS) is 12.9. The topological polar surface area (TPSA) is 65.1 Å². The number of amides is 1. The van der Waals surface area contributed by atoms with E-state index in [0.717, 1.165) is 0 Å². The third kappa shape index (κ3) is 4.24. The van der Waals surface area contributed by atoms with Crippen molar-refractivity contribution in [3.8, 4) is 5.75 Å². The number of methoxy groups -OCH3 is 1. The van der Waals surface area contributed by atoms with Gasteiger partial charge in [-0.1, -0.05) is 0 Å². The summed E-state index contributed by atoms with van der Waals surface area (Å²) in [5.41, 5.74) is 1.14. The first-order valence-electron chi connectivity index (χ1n) is 7.52. The zero-order valence-electron chi connectivity index (χ0n) is 13.6. The molecule has 1 aromatic carbocycles. The molecule has 0 fully saturated rings. The van der Waals surface area contributed by atoms with Crippen molar-refractivity contribution in [3.63, 3.8) is 0 Å². The van der Waals surface area contributed by atoms with E-state index in [1.54, 1.807) is 13.0 Å². The van der Waals surface area contributed by atoms with Gasteiger partial charge in [0.05, 0.1) is 17.5 Å².